The van der Waals surface area contributed by atoms with E-state index in [2.05, 4.69) is 6.92 Å². The van der Waals surface area contributed by atoms with Crippen molar-refractivity contribution >= 4 is 5.91 Å². The summed E-state index contributed by atoms with van der Waals surface area (Å²) in [5, 5.41) is 0. The Bertz CT molecular complexity index is 625. The van der Waals surface area contributed by atoms with E-state index in [1.54, 1.807) is 24.3 Å². The van der Waals surface area contributed by atoms with E-state index in [1.807, 2.05) is 24.3 Å². The highest BCUT2D eigenvalue weighted by Crippen LogP contribution is 2.19. The Morgan fingerprint density at radius 2 is 1.43 bits per heavy atom. The van der Waals surface area contributed by atoms with Gasteiger partial charge in [0.25, 0.3) is 5.91 Å². The molecule has 0 radical (unpaired) electrons. The highest BCUT2D eigenvalue weighted by Gasteiger charge is 2.07. The molecule has 23 heavy (non-hydrogen) atoms. The molecular weight excluding hydrogens is 294 g/mol. The lowest BCUT2D eigenvalue weighted by molar-refractivity contribution is 0.0995. The fourth-order valence-electron chi connectivity index (χ4n) is 1.96. The van der Waals surface area contributed by atoms with E-state index in [4.69, 9.17) is 19.9 Å². The Kier molecular flexibility index (Phi) is 6.29. The predicted octanol–water partition coefficient (Wildman–Crippen LogP) is 3.03. The molecule has 0 aromatic heterocycles. The molecule has 5 heteroatoms. The van der Waals surface area contributed by atoms with Crippen LogP contribution in [-0.2, 0) is 0 Å². The Morgan fingerprint density at radius 1 is 0.870 bits per heavy atom. The largest absolute Gasteiger partial charge is 0.494 e. The van der Waals surface area contributed by atoms with Gasteiger partial charge >= 0.3 is 0 Å². The van der Waals surface area contributed by atoms with Crippen LogP contribution in [0.2, 0.25) is 0 Å². The van der Waals surface area contributed by atoms with Crippen molar-refractivity contribution in [1.82, 2.24) is 0 Å². The number of carbonyl (C=O) groups is 1. The fraction of sp³-hybridized carbons (Fsp3) is 0.278. The molecule has 0 atom stereocenters. The number of rotatable bonds is 9. The monoisotopic (exact) mass is 315 g/mol. The number of primary amides is 1. The molecule has 0 heterocycles. The predicted molar refractivity (Wildman–Crippen MR) is 88.2 cm³/mol. The Hall–Kier alpha value is -2.69. The number of nitrogens with two attached hydrogens (primary N) is 1. The molecule has 5 nitrogen and oxygen atoms in total. The van der Waals surface area contributed by atoms with Gasteiger partial charge in [-0.15, -0.1) is 0 Å². The number of para-hydroxylation sites is 1. The van der Waals surface area contributed by atoms with Gasteiger partial charge in [0.1, 0.15) is 30.5 Å². The first-order valence-electron chi connectivity index (χ1n) is 7.58. The summed E-state index contributed by atoms with van der Waals surface area (Å²) < 4.78 is 16.6. The van der Waals surface area contributed by atoms with E-state index >= 15 is 0 Å². The van der Waals surface area contributed by atoms with Gasteiger partial charge in [0, 0.05) is 0 Å². The average Bonchev–Trinajstić information content (AvgIpc) is 2.58. The second-order valence-electron chi connectivity index (χ2n) is 4.88. The van der Waals surface area contributed by atoms with Crippen molar-refractivity contribution in [3.05, 3.63) is 54.1 Å². The SMILES string of the molecule is CCCOc1ccc(OCCOc2ccccc2C(N)=O)cc1. The van der Waals surface area contributed by atoms with Gasteiger partial charge < -0.3 is 19.9 Å². The summed E-state index contributed by atoms with van der Waals surface area (Å²) in [6, 6.07) is 14.3. The second-order valence-corrected chi connectivity index (χ2v) is 4.88. The van der Waals surface area contributed by atoms with Gasteiger partial charge in [-0.2, -0.15) is 0 Å². The maximum atomic E-state index is 11.3. The van der Waals surface area contributed by atoms with Crippen LogP contribution in [-0.4, -0.2) is 25.7 Å². The second kappa shape index (κ2) is 8.68. The van der Waals surface area contributed by atoms with E-state index in [9.17, 15) is 4.79 Å². The Labute approximate surface area is 136 Å². The Balaban J connectivity index is 1.78. The molecule has 0 saturated heterocycles. The highest BCUT2D eigenvalue weighted by atomic mass is 16.5. The van der Waals surface area contributed by atoms with Crippen LogP contribution in [0.25, 0.3) is 0 Å². The van der Waals surface area contributed by atoms with E-state index in [1.165, 1.54) is 0 Å². The smallest absolute Gasteiger partial charge is 0.252 e. The third-order valence-corrected chi connectivity index (χ3v) is 3.06. The lowest BCUT2D eigenvalue weighted by atomic mass is 10.2. The van der Waals surface area contributed by atoms with Gasteiger partial charge in [0.05, 0.1) is 12.2 Å². The Morgan fingerprint density at radius 3 is 2.04 bits per heavy atom. The summed E-state index contributed by atoms with van der Waals surface area (Å²) in [6.45, 7) is 3.45. The molecule has 2 N–H and O–H groups in total. The van der Waals surface area contributed by atoms with Gasteiger partial charge in [-0.25, -0.2) is 0 Å². The van der Waals surface area contributed by atoms with Crippen molar-refractivity contribution in [2.75, 3.05) is 19.8 Å². The van der Waals surface area contributed by atoms with E-state index in [-0.39, 0.29) is 0 Å². The molecule has 122 valence electrons. The van der Waals surface area contributed by atoms with Crippen LogP contribution in [0.15, 0.2) is 48.5 Å². The van der Waals surface area contributed by atoms with Gasteiger partial charge in [-0.3, -0.25) is 4.79 Å². The van der Waals surface area contributed by atoms with Crippen LogP contribution >= 0.6 is 0 Å². The van der Waals surface area contributed by atoms with Gasteiger partial charge in [0.2, 0.25) is 0 Å². The molecule has 1 amide bonds. The maximum Gasteiger partial charge on any atom is 0.252 e. The summed E-state index contributed by atoms with van der Waals surface area (Å²) in [6.07, 6.45) is 0.975. The van der Waals surface area contributed by atoms with E-state index in [0.717, 1.165) is 17.9 Å². The number of hydrogen-bond donors (Lipinski definition) is 1. The average molecular weight is 315 g/mol. The van der Waals surface area contributed by atoms with Crippen molar-refractivity contribution in [2.45, 2.75) is 13.3 Å². The molecule has 0 spiro atoms. The quantitative estimate of drug-likeness (QED) is 0.722. The lowest BCUT2D eigenvalue weighted by Gasteiger charge is -2.11. The van der Waals surface area contributed by atoms with Crippen LogP contribution in [0.1, 0.15) is 23.7 Å². The summed E-state index contributed by atoms with van der Waals surface area (Å²) >= 11 is 0. The van der Waals surface area contributed by atoms with Crippen LogP contribution in [0.3, 0.4) is 0 Å². The van der Waals surface area contributed by atoms with Gasteiger partial charge in [0.15, 0.2) is 0 Å². The molecule has 0 unspecified atom stereocenters. The molecule has 0 saturated carbocycles. The van der Waals surface area contributed by atoms with Crippen molar-refractivity contribution in [1.29, 1.82) is 0 Å². The fourth-order valence-corrected chi connectivity index (χ4v) is 1.96. The third kappa shape index (κ3) is 5.21. The molecule has 0 aliphatic rings. The molecular formula is C18H21NO4. The normalized spacial score (nSPS) is 10.1. The maximum absolute atomic E-state index is 11.3. The minimum Gasteiger partial charge on any atom is -0.494 e. The number of hydrogen-bond acceptors (Lipinski definition) is 4. The summed E-state index contributed by atoms with van der Waals surface area (Å²) in [5.74, 6) is 1.52. The van der Waals surface area contributed by atoms with Crippen molar-refractivity contribution in [3.8, 4) is 17.2 Å². The number of benzene rings is 2. The van der Waals surface area contributed by atoms with Gasteiger partial charge in [-0.05, 0) is 42.8 Å². The molecule has 0 aliphatic heterocycles. The summed E-state index contributed by atoms with van der Waals surface area (Å²) in [7, 11) is 0. The topological polar surface area (TPSA) is 70.8 Å². The minimum atomic E-state index is -0.510. The molecule has 0 aliphatic carbocycles. The minimum absolute atomic E-state index is 0.318. The molecule has 2 aromatic rings. The van der Waals surface area contributed by atoms with E-state index < -0.39 is 5.91 Å². The molecule has 0 fully saturated rings. The molecule has 2 aromatic carbocycles. The van der Waals surface area contributed by atoms with Crippen LogP contribution in [0.5, 0.6) is 17.2 Å². The van der Waals surface area contributed by atoms with Crippen LogP contribution in [0, 0.1) is 0 Å². The third-order valence-electron chi connectivity index (χ3n) is 3.06. The summed E-state index contributed by atoms with van der Waals surface area (Å²) in [5.41, 5.74) is 5.66. The highest BCUT2D eigenvalue weighted by molar-refractivity contribution is 5.95. The molecule has 0 bridgehead atoms. The molecule has 2 rings (SSSR count). The number of ether oxygens (including phenoxy) is 3. The zero-order chi connectivity index (χ0) is 16.5. The van der Waals surface area contributed by atoms with Crippen LogP contribution in [0.4, 0.5) is 0 Å². The first-order valence-corrected chi connectivity index (χ1v) is 7.58. The van der Waals surface area contributed by atoms with Crippen molar-refractivity contribution < 1.29 is 19.0 Å². The van der Waals surface area contributed by atoms with Crippen LogP contribution < -0.4 is 19.9 Å². The lowest BCUT2D eigenvalue weighted by Crippen LogP contribution is -2.15. The van der Waals surface area contributed by atoms with E-state index in [0.29, 0.717) is 31.1 Å². The number of amides is 1. The zero-order valence-electron chi connectivity index (χ0n) is 13.2. The standard InChI is InChI=1S/C18H21NO4/c1-2-11-21-14-7-9-15(10-8-14)22-12-13-23-17-6-4-3-5-16(17)18(19)20/h3-10H,2,11-13H2,1H3,(H2,19,20). The first-order chi connectivity index (χ1) is 11.2. The van der Waals surface area contributed by atoms with Crippen molar-refractivity contribution in [3.63, 3.8) is 0 Å². The zero-order valence-corrected chi connectivity index (χ0v) is 13.2. The van der Waals surface area contributed by atoms with Gasteiger partial charge in [-0.1, -0.05) is 19.1 Å². The summed E-state index contributed by atoms with van der Waals surface area (Å²) in [4.78, 5) is 11.3. The van der Waals surface area contributed by atoms with Crippen molar-refractivity contribution in [2.24, 2.45) is 5.73 Å². The number of carbonyl (C=O) groups excluding carboxylic acids is 1. The first kappa shape index (κ1) is 16.7.